The van der Waals surface area contributed by atoms with Crippen LogP contribution in [0.1, 0.15) is 21.5 Å². The predicted octanol–water partition coefficient (Wildman–Crippen LogP) is 2.10. The zero-order chi connectivity index (χ0) is 14.5. The molecule has 0 saturated heterocycles. The summed E-state index contributed by atoms with van der Waals surface area (Å²) in [4.78, 5) is 12.1. The lowest BCUT2D eigenvalue weighted by atomic mass is 10.1. The molecule has 0 spiro atoms. The highest BCUT2D eigenvalue weighted by atomic mass is 16.5. The van der Waals surface area contributed by atoms with Gasteiger partial charge in [0.2, 0.25) is 0 Å². The van der Waals surface area contributed by atoms with Gasteiger partial charge in [0, 0.05) is 18.7 Å². The molecule has 1 aliphatic heterocycles. The first-order valence-electron chi connectivity index (χ1n) is 7.11. The van der Waals surface area contributed by atoms with Gasteiger partial charge in [-0.15, -0.1) is 0 Å². The second kappa shape index (κ2) is 6.41. The second-order valence-electron chi connectivity index (χ2n) is 5.00. The van der Waals surface area contributed by atoms with Crippen LogP contribution in [0.2, 0.25) is 0 Å². The molecule has 2 N–H and O–H groups in total. The van der Waals surface area contributed by atoms with Gasteiger partial charge < -0.3 is 15.4 Å². The van der Waals surface area contributed by atoms with Crippen molar-refractivity contribution < 1.29 is 9.53 Å². The van der Waals surface area contributed by atoms with Gasteiger partial charge in [0.25, 0.3) is 5.91 Å². The average Bonchev–Trinajstić information content (AvgIpc) is 3.00. The second-order valence-corrected chi connectivity index (χ2v) is 5.00. The Kier molecular flexibility index (Phi) is 4.17. The number of benzene rings is 2. The van der Waals surface area contributed by atoms with E-state index in [1.807, 2.05) is 48.5 Å². The zero-order valence-electron chi connectivity index (χ0n) is 11.8. The van der Waals surface area contributed by atoms with E-state index < -0.39 is 0 Å². The van der Waals surface area contributed by atoms with Crippen molar-refractivity contribution in [1.29, 1.82) is 0 Å². The monoisotopic (exact) mass is 282 g/mol. The highest BCUT2D eigenvalue weighted by Crippen LogP contribution is 2.16. The molecular formula is C17H18N2O2. The molecule has 0 bridgehead atoms. The van der Waals surface area contributed by atoms with E-state index in [1.54, 1.807) is 0 Å². The van der Waals surface area contributed by atoms with E-state index in [0.29, 0.717) is 18.7 Å². The summed E-state index contributed by atoms with van der Waals surface area (Å²) in [5.41, 5.74) is 3.19. The fourth-order valence-corrected chi connectivity index (χ4v) is 2.39. The third-order valence-corrected chi connectivity index (χ3v) is 3.50. The Morgan fingerprint density at radius 2 is 1.90 bits per heavy atom. The first-order valence-corrected chi connectivity index (χ1v) is 7.11. The van der Waals surface area contributed by atoms with Crippen molar-refractivity contribution in [2.24, 2.45) is 0 Å². The SMILES string of the molecule is O=C(NCCOc1ccccc1)c1ccc2c(c1)CNC2. The minimum atomic E-state index is -0.0543. The summed E-state index contributed by atoms with van der Waals surface area (Å²) in [5, 5.41) is 6.15. The van der Waals surface area contributed by atoms with E-state index in [1.165, 1.54) is 11.1 Å². The maximum atomic E-state index is 12.1. The minimum Gasteiger partial charge on any atom is -0.492 e. The van der Waals surface area contributed by atoms with Gasteiger partial charge in [-0.25, -0.2) is 0 Å². The quantitative estimate of drug-likeness (QED) is 0.826. The van der Waals surface area contributed by atoms with E-state index >= 15 is 0 Å². The van der Waals surface area contributed by atoms with Crippen molar-refractivity contribution in [2.75, 3.05) is 13.2 Å². The summed E-state index contributed by atoms with van der Waals surface area (Å²) in [7, 11) is 0. The Hall–Kier alpha value is -2.33. The Labute approximate surface area is 124 Å². The molecule has 0 fully saturated rings. The number of nitrogens with one attached hydrogen (secondary N) is 2. The van der Waals surface area contributed by atoms with Gasteiger partial charge >= 0.3 is 0 Å². The molecule has 1 heterocycles. The van der Waals surface area contributed by atoms with E-state index in [0.717, 1.165) is 18.8 Å². The van der Waals surface area contributed by atoms with Crippen LogP contribution in [0.25, 0.3) is 0 Å². The van der Waals surface area contributed by atoms with Crippen LogP contribution < -0.4 is 15.4 Å². The molecule has 1 amide bonds. The number of carbonyl (C=O) groups excluding carboxylic acids is 1. The lowest BCUT2D eigenvalue weighted by Crippen LogP contribution is -2.28. The Morgan fingerprint density at radius 3 is 2.76 bits per heavy atom. The highest BCUT2D eigenvalue weighted by Gasteiger charge is 2.13. The molecule has 0 unspecified atom stereocenters. The highest BCUT2D eigenvalue weighted by molar-refractivity contribution is 5.94. The molecule has 0 aromatic heterocycles. The van der Waals surface area contributed by atoms with Crippen molar-refractivity contribution >= 4 is 5.91 Å². The van der Waals surface area contributed by atoms with Crippen molar-refractivity contribution in [2.45, 2.75) is 13.1 Å². The molecule has 0 aliphatic carbocycles. The van der Waals surface area contributed by atoms with Gasteiger partial charge in [-0.1, -0.05) is 24.3 Å². The van der Waals surface area contributed by atoms with E-state index in [9.17, 15) is 4.79 Å². The summed E-state index contributed by atoms with van der Waals surface area (Å²) >= 11 is 0. The van der Waals surface area contributed by atoms with Gasteiger partial charge in [-0.05, 0) is 35.4 Å². The number of rotatable bonds is 5. The predicted molar refractivity (Wildman–Crippen MR) is 81.3 cm³/mol. The van der Waals surface area contributed by atoms with E-state index in [4.69, 9.17) is 4.74 Å². The van der Waals surface area contributed by atoms with Crippen LogP contribution in [0.3, 0.4) is 0 Å². The number of para-hydroxylation sites is 1. The molecule has 4 heteroatoms. The Morgan fingerprint density at radius 1 is 1.10 bits per heavy atom. The molecule has 2 aromatic rings. The van der Waals surface area contributed by atoms with Crippen LogP contribution in [0.5, 0.6) is 5.75 Å². The summed E-state index contributed by atoms with van der Waals surface area (Å²) in [6, 6.07) is 15.4. The maximum Gasteiger partial charge on any atom is 0.251 e. The van der Waals surface area contributed by atoms with Crippen LogP contribution in [0.15, 0.2) is 48.5 Å². The average molecular weight is 282 g/mol. The third kappa shape index (κ3) is 3.41. The number of hydrogen-bond donors (Lipinski definition) is 2. The van der Waals surface area contributed by atoms with E-state index in [-0.39, 0.29) is 5.91 Å². The molecule has 0 radical (unpaired) electrons. The van der Waals surface area contributed by atoms with Crippen LogP contribution in [-0.2, 0) is 13.1 Å². The molecule has 108 valence electrons. The number of ether oxygens (including phenoxy) is 1. The summed E-state index contributed by atoms with van der Waals surface area (Å²) in [5.74, 6) is 0.761. The molecule has 3 rings (SSSR count). The first-order chi connectivity index (χ1) is 10.3. The standard InChI is InChI=1S/C17H18N2O2/c20-17(13-6-7-14-11-18-12-15(14)10-13)19-8-9-21-16-4-2-1-3-5-16/h1-7,10,18H,8-9,11-12H2,(H,19,20). The molecule has 0 saturated carbocycles. The van der Waals surface area contributed by atoms with Crippen molar-refractivity contribution in [3.63, 3.8) is 0 Å². The number of fused-ring (bicyclic) bond motifs is 1. The fourth-order valence-electron chi connectivity index (χ4n) is 2.39. The van der Waals surface area contributed by atoms with Gasteiger partial charge in [0.15, 0.2) is 0 Å². The van der Waals surface area contributed by atoms with E-state index in [2.05, 4.69) is 10.6 Å². The van der Waals surface area contributed by atoms with Crippen LogP contribution >= 0.6 is 0 Å². The Bertz CT molecular complexity index is 626. The molecule has 4 nitrogen and oxygen atoms in total. The fraction of sp³-hybridized carbons (Fsp3) is 0.235. The van der Waals surface area contributed by atoms with Gasteiger partial charge in [-0.3, -0.25) is 4.79 Å². The van der Waals surface area contributed by atoms with Crippen molar-refractivity contribution in [3.05, 3.63) is 65.2 Å². The lowest BCUT2D eigenvalue weighted by molar-refractivity contribution is 0.0947. The molecule has 2 aromatic carbocycles. The summed E-state index contributed by atoms with van der Waals surface area (Å²) < 4.78 is 5.54. The maximum absolute atomic E-state index is 12.1. The van der Waals surface area contributed by atoms with Crippen molar-refractivity contribution in [3.8, 4) is 5.75 Å². The topological polar surface area (TPSA) is 50.4 Å². The lowest BCUT2D eigenvalue weighted by Gasteiger charge is -2.08. The first kappa shape index (κ1) is 13.6. The Balaban J connectivity index is 1.48. The summed E-state index contributed by atoms with van der Waals surface area (Å²) in [6.45, 7) is 2.68. The van der Waals surface area contributed by atoms with Crippen molar-refractivity contribution in [1.82, 2.24) is 10.6 Å². The molecule has 0 atom stereocenters. The number of amides is 1. The smallest absolute Gasteiger partial charge is 0.251 e. The minimum absolute atomic E-state index is 0.0543. The van der Waals surface area contributed by atoms with Gasteiger partial charge in [0.1, 0.15) is 12.4 Å². The molecule has 21 heavy (non-hydrogen) atoms. The largest absolute Gasteiger partial charge is 0.492 e. The number of hydrogen-bond acceptors (Lipinski definition) is 3. The number of carbonyl (C=O) groups is 1. The normalized spacial score (nSPS) is 12.8. The van der Waals surface area contributed by atoms with Crippen LogP contribution in [-0.4, -0.2) is 19.1 Å². The molecule has 1 aliphatic rings. The summed E-state index contributed by atoms with van der Waals surface area (Å²) in [6.07, 6.45) is 0. The van der Waals surface area contributed by atoms with Gasteiger partial charge in [-0.2, -0.15) is 0 Å². The third-order valence-electron chi connectivity index (χ3n) is 3.50. The molecular weight excluding hydrogens is 264 g/mol. The van der Waals surface area contributed by atoms with Gasteiger partial charge in [0.05, 0.1) is 6.54 Å². The van der Waals surface area contributed by atoms with Crippen LogP contribution in [0.4, 0.5) is 0 Å². The zero-order valence-corrected chi connectivity index (χ0v) is 11.8. The van der Waals surface area contributed by atoms with Crippen LogP contribution in [0, 0.1) is 0 Å².